The van der Waals surface area contributed by atoms with Gasteiger partial charge in [0.1, 0.15) is 5.75 Å². The van der Waals surface area contributed by atoms with E-state index in [1.165, 1.54) is 21.9 Å². The molecule has 102 valence electrons. The van der Waals surface area contributed by atoms with E-state index >= 15 is 0 Å². The summed E-state index contributed by atoms with van der Waals surface area (Å²) in [5.41, 5.74) is 2.72. The summed E-state index contributed by atoms with van der Waals surface area (Å²) < 4.78 is 11.0. The second kappa shape index (κ2) is 6.58. The molecule has 19 heavy (non-hydrogen) atoms. The molecule has 0 N–H and O–H groups in total. The van der Waals surface area contributed by atoms with E-state index in [4.69, 9.17) is 9.47 Å². The number of ether oxygens (including phenoxy) is 2. The van der Waals surface area contributed by atoms with Crippen molar-refractivity contribution >= 4 is 10.8 Å². The molecule has 0 amide bonds. The molecule has 0 aromatic heterocycles. The Labute approximate surface area is 115 Å². The Morgan fingerprint density at radius 1 is 1.05 bits per heavy atom. The lowest BCUT2D eigenvalue weighted by molar-refractivity contribution is 0.172. The van der Waals surface area contributed by atoms with Gasteiger partial charge >= 0.3 is 0 Å². The maximum atomic E-state index is 5.92. The number of benzene rings is 2. The highest BCUT2D eigenvalue weighted by molar-refractivity contribution is 5.92. The molecule has 2 heteroatoms. The van der Waals surface area contributed by atoms with Gasteiger partial charge in [-0.25, -0.2) is 0 Å². The molecule has 0 unspecified atom stereocenters. The number of hydrogen-bond acceptors (Lipinski definition) is 2. The molecule has 0 aliphatic carbocycles. The molecule has 2 nitrogen and oxygen atoms in total. The summed E-state index contributed by atoms with van der Waals surface area (Å²) >= 11 is 0. The first-order valence-corrected chi connectivity index (χ1v) is 6.91. The molecule has 2 rings (SSSR count). The summed E-state index contributed by atoms with van der Waals surface area (Å²) in [7, 11) is 1.72. The molecule has 0 bridgehead atoms. The summed E-state index contributed by atoms with van der Waals surface area (Å²) in [5, 5.41) is 2.52. The fourth-order valence-corrected chi connectivity index (χ4v) is 2.51. The molecule has 0 atom stereocenters. The van der Waals surface area contributed by atoms with Crippen LogP contribution in [-0.2, 0) is 11.2 Å². The van der Waals surface area contributed by atoms with E-state index in [0.717, 1.165) is 25.2 Å². The maximum absolute atomic E-state index is 5.92. The molecular weight excluding hydrogens is 236 g/mol. The minimum absolute atomic E-state index is 0.697. The van der Waals surface area contributed by atoms with Crippen molar-refractivity contribution < 1.29 is 9.47 Å². The molecule has 0 spiro atoms. The highest BCUT2D eigenvalue weighted by Gasteiger charge is 2.08. The van der Waals surface area contributed by atoms with Gasteiger partial charge in [0.05, 0.1) is 6.61 Å². The maximum Gasteiger partial charge on any atom is 0.127 e. The average molecular weight is 258 g/mol. The van der Waals surface area contributed by atoms with Gasteiger partial charge in [0.2, 0.25) is 0 Å². The predicted molar refractivity (Wildman–Crippen MR) is 80.1 cm³/mol. The third kappa shape index (κ3) is 3.07. The minimum atomic E-state index is 0.697. The summed E-state index contributed by atoms with van der Waals surface area (Å²) in [6.45, 7) is 5.80. The Hall–Kier alpha value is -1.54. The quantitative estimate of drug-likeness (QED) is 0.725. The lowest BCUT2D eigenvalue weighted by atomic mass is 9.97. The van der Waals surface area contributed by atoms with Crippen LogP contribution in [0.5, 0.6) is 5.75 Å². The number of fused-ring (bicyclic) bond motifs is 1. The summed E-state index contributed by atoms with van der Waals surface area (Å²) in [6, 6.07) is 10.6. The molecular formula is C17H22O2. The van der Waals surface area contributed by atoms with Crippen LogP contribution in [0.3, 0.4) is 0 Å². The van der Waals surface area contributed by atoms with E-state index in [1.54, 1.807) is 7.11 Å². The fraction of sp³-hybridized carbons (Fsp3) is 0.412. The SMILES string of the molecule is CCc1c(C)cc(OCCCOC)c2ccccc12. The number of rotatable bonds is 6. The van der Waals surface area contributed by atoms with Crippen LogP contribution in [0.25, 0.3) is 10.8 Å². The van der Waals surface area contributed by atoms with Gasteiger partial charge in [-0.1, -0.05) is 31.2 Å². The third-order valence-electron chi connectivity index (χ3n) is 3.45. The van der Waals surface area contributed by atoms with E-state index < -0.39 is 0 Å². The molecule has 0 aliphatic rings. The Morgan fingerprint density at radius 3 is 2.47 bits per heavy atom. The number of aryl methyl sites for hydroxylation is 2. The van der Waals surface area contributed by atoms with Crippen LogP contribution in [0.2, 0.25) is 0 Å². The van der Waals surface area contributed by atoms with Gasteiger partial charge in [0, 0.05) is 25.5 Å². The summed E-state index contributed by atoms with van der Waals surface area (Å²) in [5.74, 6) is 0.987. The Morgan fingerprint density at radius 2 is 1.79 bits per heavy atom. The molecule has 0 aliphatic heterocycles. The van der Waals surface area contributed by atoms with E-state index in [9.17, 15) is 0 Å². The zero-order chi connectivity index (χ0) is 13.7. The summed E-state index contributed by atoms with van der Waals surface area (Å²) in [4.78, 5) is 0. The third-order valence-corrected chi connectivity index (χ3v) is 3.45. The van der Waals surface area contributed by atoms with Crippen molar-refractivity contribution in [3.8, 4) is 5.75 Å². The average Bonchev–Trinajstić information content (AvgIpc) is 2.43. The first-order chi connectivity index (χ1) is 9.27. The molecule has 0 heterocycles. The highest BCUT2D eigenvalue weighted by atomic mass is 16.5. The van der Waals surface area contributed by atoms with Crippen LogP contribution in [-0.4, -0.2) is 20.3 Å². The van der Waals surface area contributed by atoms with Crippen molar-refractivity contribution in [2.45, 2.75) is 26.7 Å². The van der Waals surface area contributed by atoms with Gasteiger partial charge in [-0.2, -0.15) is 0 Å². The van der Waals surface area contributed by atoms with Crippen LogP contribution in [0.15, 0.2) is 30.3 Å². The van der Waals surface area contributed by atoms with Gasteiger partial charge < -0.3 is 9.47 Å². The second-order valence-corrected chi connectivity index (χ2v) is 4.76. The molecule has 0 fully saturated rings. The first-order valence-electron chi connectivity index (χ1n) is 6.91. The van der Waals surface area contributed by atoms with Crippen LogP contribution in [0, 0.1) is 6.92 Å². The zero-order valence-electron chi connectivity index (χ0n) is 12.0. The van der Waals surface area contributed by atoms with E-state index in [0.29, 0.717) is 6.61 Å². The van der Waals surface area contributed by atoms with Gasteiger partial charge in [-0.05, 0) is 35.9 Å². The standard InChI is InChI=1S/C17H22O2/c1-4-14-13(2)12-17(19-11-7-10-18-3)16-9-6-5-8-15(14)16/h5-6,8-9,12H,4,7,10-11H2,1-3H3. The second-order valence-electron chi connectivity index (χ2n) is 4.76. The van der Waals surface area contributed by atoms with Crippen LogP contribution >= 0.6 is 0 Å². The lowest BCUT2D eigenvalue weighted by Gasteiger charge is -2.14. The Bertz CT molecular complexity index is 546. The summed E-state index contributed by atoms with van der Waals surface area (Å²) in [6.07, 6.45) is 1.97. The predicted octanol–water partition coefficient (Wildman–Crippen LogP) is 4.13. The Kier molecular flexibility index (Phi) is 4.80. The monoisotopic (exact) mass is 258 g/mol. The van der Waals surface area contributed by atoms with Crippen LogP contribution in [0.4, 0.5) is 0 Å². The molecule has 0 saturated carbocycles. The van der Waals surface area contributed by atoms with Gasteiger partial charge in [0.25, 0.3) is 0 Å². The van der Waals surface area contributed by atoms with Crippen LogP contribution in [0.1, 0.15) is 24.5 Å². The van der Waals surface area contributed by atoms with E-state index in [1.807, 2.05) is 0 Å². The molecule has 2 aromatic rings. The minimum Gasteiger partial charge on any atom is -0.493 e. The lowest BCUT2D eigenvalue weighted by Crippen LogP contribution is -2.02. The zero-order valence-corrected chi connectivity index (χ0v) is 12.0. The Balaban J connectivity index is 2.33. The van der Waals surface area contributed by atoms with Gasteiger partial charge in [0.15, 0.2) is 0 Å². The van der Waals surface area contributed by atoms with Crippen molar-refractivity contribution in [2.24, 2.45) is 0 Å². The van der Waals surface area contributed by atoms with E-state index in [-0.39, 0.29) is 0 Å². The highest BCUT2D eigenvalue weighted by Crippen LogP contribution is 2.31. The number of hydrogen-bond donors (Lipinski definition) is 0. The van der Waals surface area contributed by atoms with Crippen LogP contribution < -0.4 is 4.74 Å². The fourth-order valence-electron chi connectivity index (χ4n) is 2.51. The molecule has 2 aromatic carbocycles. The molecule has 0 radical (unpaired) electrons. The van der Waals surface area contributed by atoms with Crippen molar-refractivity contribution in [3.63, 3.8) is 0 Å². The normalized spacial score (nSPS) is 10.9. The number of methoxy groups -OCH3 is 1. The van der Waals surface area contributed by atoms with Crippen molar-refractivity contribution in [3.05, 3.63) is 41.5 Å². The van der Waals surface area contributed by atoms with Crippen molar-refractivity contribution in [1.29, 1.82) is 0 Å². The topological polar surface area (TPSA) is 18.5 Å². The molecule has 0 saturated heterocycles. The smallest absolute Gasteiger partial charge is 0.127 e. The van der Waals surface area contributed by atoms with Crippen molar-refractivity contribution in [2.75, 3.05) is 20.3 Å². The van der Waals surface area contributed by atoms with Crippen molar-refractivity contribution in [1.82, 2.24) is 0 Å². The van der Waals surface area contributed by atoms with Gasteiger partial charge in [-0.3, -0.25) is 0 Å². The first kappa shape index (κ1) is 13.9. The largest absolute Gasteiger partial charge is 0.493 e. The van der Waals surface area contributed by atoms with E-state index in [2.05, 4.69) is 44.2 Å². The van der Waals surface area contributed by atoms with Gasteiger partial charge in [-0.15, -0.1) is 0 Å².